The standard InChI is InChI=1S/C22H20F6N2O2/c1-12-5-6-13(9-17(12)31)7-8-29-11-18(32)15-10-19(22(26,27)28)30-20-14(15)3-2-4-16(20)21(23,24)25/h2-6,9-10,18,29,31-32H,7-8,11H2,1H3. The molecule has 0 radical (unpaired) electrons. The maximum atomic E-state index is 13.3. The van der Waals surface area contributed by atoms with Crippen molar-refractivity contribution in [1.82, 2.24) is 10.3 Å². The monoisotopic (exact) mass is 458 g/mol. The van der Waals surface area contributed by atoms with Gasteiger partial charge >= 0.3 is 12.4 Å². The van der Waals surface area contributed by atoms with Gasteiger partial charge in [0.2, 0.25) is 0 Å². The number of phenols is 1. The largest absolute Gasteiger partial charge is 0.508 e. The minimum atomic E-state index is -4.98. The highest BCUT2D eigenvalue weighted by atomic mass is 19.4. The Kier molecular flexibility index (Phi) is 6.66. The van der Waals surface area contributed by atoms with Crippen molar-refractivity contribution in [3.05, 3.63) is 70.4 Å². The zero-order chi connectivity index (χ0) is 23.7. The number of rotatable bonds is 6. The molecule has 0 bridgehead atoms. The van der Waals surface area contributed by atoms with Gasteiger partial charge in [0.1, 0.15) is 11.4 Å². The average Bonchev–Trinajstić information content (AvgIpc) is 2.70. The van der Waals surface area contributed by atoms with Gasteiger partial charge in [-0.3, -0.25) is 0 Å². The molecule has 1 heterocycles. The van der Waals surface area contributed by atoms with Gasteiger partial charge in [-0.2, -0.15) is 26.3 Å². The van der Waals surface area contributed by atoms with Gasteiger partial charge in [0.15, 0.2) is 0 Å². The highest BCUT2D eigenvalue weighted by Gasteiger charge is 2.37. The number of aliphatic hydroxyl groups excluding tert-OH is 1. The van der Waals surface area contributed by atoms with Crippen molar-refractivity contribution in [3.63, 3.8) is 0 Å². The van der Waals surface area contributed by atoms with Gasteiger partial charge in [-0.15, -0.1) is 0 Å². The number of aromatic hydroxyl groups is 1. The Balaban J connectivity index is 1.85. The summed E-state index contributed by atoms with van der Waals surface area (Å²) in [5.41, 5.74) is -2.46. The van der Waals surface area contributed by atoms with Crippen LogP contribution in [0.15, 0.2) is 42.5 Å². The molecule has 3 aromatic rings. The highest BCUT2D eigenvalue weighted by molar-refractivity contribution is 5.86. The van der Waals surface area contributed by atoms with E-state index in [1.807, 2.05) is 0 Å². The third kappa shape index (κ3) is 5.31. The number of aryl methyl sites for hydroxylation is 1. The van der Waals surface area contributed by atoms with E-state index >= 15 is 0 Å². The molecule has 0 spiro atoms. The van der Waals surface area contributed by atoms with Crippen LogP contribution in [-0.4, -0.2) is 28.3 Å². The van der Waals surface area contributed by atoms with Gasteiger partial charge in [0, 0.05) is 11.9 Å². The van der Waals surface area contributed by atoms with E-state index in [1.54, 1.807) is 25.1 Å². The molecule has 1 atom stereocenters. The summed E-state index contributed by atoms with van der Waals surface area (Å²) in [7, 11) is 0. The molecule has 10 heteroatoms. The predicted octanol–water partition coefficient (Wildman–Crippen LogP) is 5.15. The van der Waals surface area contributed by atoms with E-state index in [4.69, 9.17) is 0 Å². The number of pyridine rings is 1. The van der Waals surface area contributed by atoms with E-state index in [0.29, 0.717) is 30.7 Å². The Morgan fingerprint density at radius 1 is 1.00 bits per heavy atom. The van der Waals surface area contributed by atoms with Crippen LogP contribution in [0.1, 0.15) is 34.1 Å². The fourth-order valence-electron chi connectivity index (χ4n) is 3.32. The lowest BCUT2D eigenvalue weighted by Gasteiger charge is -2.19. The van der Waals surface area contributed by atoms with E-state index in [0.717, 1.165) is 11.6 Å². The van der Waals surface area contributed by atoms with Crippen LogP contribution in [0.2, 0.25) is 0 Å². The van der Waals surface area contributed by atoms with Crippen LogP contribution >= 0.6 is 0 Å². The van der Waals surface area contributed by atoms with Gasteiger partial charge in [0.25, 0.3) is 0 Å². The summed E-state index contributed by atoms with van der Waals surface area (Å²) >= 11 is 0. The van der Waals surface area contributed by atoms with Gasteiger partial charge in [-0.05, 0) is 54.8 Å². The molecule has 0 saturated carbocycles. The summed E-state index contributed by atoms with van der Waals surface area (Å²) in [5.74, 6) is 0.130. The summed E-state index contributed by atoms with van der Waals surface area (Å²) in [6.07, 6.45) is -10.9. The van der Waals surface area contributed by atoms with E-state index in [1.165, 1.54) is 6.07 Å². The average molecular weight is 458 g/mol. The predicted molar refractivity (Wildman–Crippen MR) is 106 cm³/mol. The molecule has 1 aromatic heterocycles. The Labute approximate surface area is 179 Å². The van der Waals surface area contributed by atoms with E-state index in [-0.39, 0.29) is 23.2 Å². The molecule has 0 amide bonds. The normalized spacial score (nSPS) is 13.5. The van der Waals surface area contributed by atoms with Crippen molar-refractivity contribution >= 4 is 10.9 Å². The lowest BCUT2D eigenvalue weighted by molar-refractivity contribution is -0.142. The number of benzene rings is 2. The molecule has 0 aliphatic heterocycles. The Morgan fingerprint density at radius 2 is 1.72 bits per heavy atom. The van der Waals surface area contributed by atoms with Gasteiger partial charge in [-0.25, -0.2) is 4.98 Å². The molecule has 3 N–H and O–H groups in total. The Bertz CT molecular complexity index is 1110. The third-order valence-electron chi connectivity index (χ3n) is 5.03. The fraction of sp³-hybridized carbons (Fsp3) is 0.318. The molecule has 0 fully saturated rings. The molecular weight excluding hydrogens is 438 g/mol. The maximum Gasteiger partial charge on any atom is 0.433 e. The second-order valence-corrected chi connectivity index (χ2v) is 7.38. The molecule has 1 unspecified atom stereocenters. The van der Waals surface area contributed by atoms with Crippen LogP contribution in [-0.2, 0) is 18.8 Å². The van der Waals surface area contributed by atoms with Crippen molar-refractivity contribution in [2.24, 2.45) is 0 Å². The van der Waals surface area contributed by atoms with Gasteiger partial charge < -0.3 is 15.5 Å². The first-order valence-electron chi connectivity index (χ1n) is 9.63. The van der Waals surface area contributed by atoms with Crippen LogP contribution < -0.4 is 5.32 Å². The maximum absolute atomic E-state index is 13.3. The smallest absolute Gasteiger partial charge is 0.433 e. The molecule has 172 valence electrons. The van der Waals surface area contributed by atoms with Crippen molar-refractivity contribution in [1.29, 1.82) is 0 Å². The number of hydrogen-bond acceptors (Lipinski definition) is 4. The van der Waals surface area contributed by atoms with Crippen molar-refractivity contribution in [3.8, 4) is 5.75 Å². The fourth-order valence-corrected chi connectivity index (χ4v) is 3.32. The van der Waals surface area contributed by atoms with Crippen molar-refractivity contribution in [2.45, 2.75) is 31.8 Å². The molecule has 0 saturated heterocycles. The minimum Gasteiger partial charge on any atom is -0.508 e. The molecule has 4 nitrogen and oxygen atoms in total. The van der Waals surface area contributed by atoms with Gasteiger partial charge in [0.05, 0.1) is 17.2 Å². The molecule has 0 aliphatic carbocycles. The van der Waals surface area contributed by atoms with Crippen molar-refractivity contribution < 1.29 is 36.6 Å². The second-order valence-electron chi connectivity index (χ2n) is 7.38. The highest BCUT2D eigenvalue weighted by Crippen LogP contribution is 2.38. The molecule has 2 aromatic carbocycles. The van der Waals surface area contributed by atoms with Crippen LogP contribution in [0.25, 0.3) is 10.9 Å². The molecule has 0 aliphatic rings. The zero-order valence-electron chi connectivity index (χ0n) is 16.8. The summed E-state index contributed by atoms with van der Waals surface area (Å²) in [6, 6.07) is 8.61. The van der Waals surface area contributed by atoms with Crippen LogP contribution in [0.3, 0.4) is 0 Å². The number of para-hydroxylation sites is 1. The number of hydrogen-bond donors (Lipinski definition) is 3. The van der Waals surface area contributed by atoms with Gasteiger partial charge in [-0.1, -0.05) is 24.3 Å². The number of halogens is 6. The summed E-state index contributed by atoms with van der Waals surface area (Å²) in [4.78, 5) is 3.21. The second kappa shape index (κ2) is 8.95. The number of nitrogens with zero attached hydrogens (tertiary/aromatic N) is 1. The lowest BCUT2D eigenvalue weighted by Crippen LogP contribution is -2.24. The van der Waals surface area contributed by atoms with Crippen LogP contribution in [0, 0.1) is 6.92 Å². The summed E-state index contributed by atoms with van der Waals surface area (Å²) in [5, 5.41) is 22.9. The number of nitrogens with one attached hydrogen (secondary N) is 1. The number of phenolic OH excluding ortho intramolecular Hbond substituents is 1. The lowest BCUT2D eigenvalue weighted by atomic mass is 9.99. The van der Waals surface area contributed by atoms with Crippen LogP contribution in [0.4, 0.5) is 26.3 Å². The quantitative estimate of drug-likeness (QED) is 0.353. The SMILES string of the molecule is Cc1ccc(CCNCC(O)c2cc(C(F)(F)F)nc3c(C(F)(F)F)cccc23)cc1O. The summed E-state index contributed by atoms with van der Waals surface area (Å²) in [6.45, 7) is 1.87. The number of alkyl halides is 6. The van der Waals surface area contributed by atoms with E-state index < -0.39 is 35.2 Å². The Morgan fingerprint density at radius 3 is 2.34 bits per heavy atom. The number of fused-ring (bicyclic) bond motifs is 1. The number of aromatic nitrogens is 1. The summed E-state index contributed by atoms with van der Waals surface area (Å²) < 4.78 is 79.8. The first kappa shape index (κ1) is 23.8. The van der Waals surface area contributed by atoms with E-state index in [9.17, 15) is 36.6 Å². The number of aliphatic hydroxyl groups is 1. The molecule has 3 rings (SSSR count). The van der Waals surface area contributed by atoms with Crippen molar-refractivity contribution in [2.75, 3.05) is 13.1 Å². The first-order valence-corrected chi connectivity index (χ1v) is 9.63. The Hall–Kier alpha value is -2.85. The zero-order valence-corrected chi connectivity index (χ0v) is 16.8. The van der Waals surface area contributed by atoms with Crippen LogP contribution in [0.5, 0.6) is 5.75 Å². The topological polar surface area (TPSA) is 65.4 Å². The minimum absolute atomic E-state index is 0.130. The van der Waals surface area contributed by atoms with E-state index in [2.05, 4.69) is 10.3 Å². The third-order valence-corrected chi connectivity index (χ3v) is 5.03. The first-order chi connectivity index (χ1) is 14.9. The molecule has 32 heavy (non-hydrogen) atoms. The molecular formula is C22H20F6N2O2.